The van der Waals surface area contributed by atoms with Gasteiger partial charge in [0.05, 0.1) is 6.10 Å². The third-order valence-electron chi connectivity index (χ3n) is 7.65. The number of benzene rings is 1. The number of hydrogen-bond acceptors (Lipinski definition) is 6. The van der Waals surface area contributed by atoms with Crippen LogP contribution in [-0.4, -0.2) is 38.8 Å². The molecule has 0 radical (unpaired) electrons. The summed E-state index contributed by atoms with van der Waals surface area (Å²) in [5.41, 5.74) is 2.84. The average molecular weight is 432 g/mol. The van der Waals surface area contributed by atoms with E-state index in [4.69, 9.17) is 4.98 Å². The molecule has 7 nitrogen and oxygen atoms in total. The van der Waals surface area contributed by atoms with E-state index in [-0.39, 0.29) is 17.7 Å². The van der Waals surface area contributed by atoms with Crippen molar-refractivity contribution in [2.45, 2.75) is 50.7 Å². The van der Waals surface area contributed by atoms with Gasteiger partial charge in [0.2, 0.25) is 5.95 Å². The van der Waals surface area contributed by atoms with Crippen molar-refractivity contribution >= 4 is 28.4 Å². The van der Waals surface area contributed by atoms with Crippen molar-refractivity contribution in [1.29, 1.82) is 0 Å². The Morgan fingerprint density at radius 2 is 1.78 bits per heavy atom. The molecule has 2 bridgehead atoms. The highest BCUT2D eigenvalue weighted by Gasteiger charge is 2.41. The van der Waals surface area contributed by atoms with Gasteiger partial charge in [-0.1, -0.05) is 6.42 Å². The summed E-state index contributed by atoms with van der Waals surface area (Å²) >= 11 is 0. The lowest BCUT2D eigenvalue weighted by molar-refractivity contribution is 0.145. The monoisotopic (exact) mass is 431 g/mol. The molecule has 32 heavy (non-hydrogen) atoms. The Bertz CT molecular complexity index is 1180. The highest BCUT2D eigenvalue weighted by Crippen LogP contribution is 2.50. The number of nitrogens with one attached hydrogen (secondary N) is 1. The summed E-state index contributed by atoms with van der Waals surface area (Å²) in [4.78, 5) is 24.4. The van der Waals surface area contributed by atoms with Gasteiger partial charge in [-0.05, 0) is 74.3 Å². The van der Waals surface area contributed by atoms with Crippen LogP contribution in [0.2, 0.25) is 0 Å². The number of anilines is 3. The lowest BCUT2D eigenvalue weighted by Crippen LogP contribution is -2.35. The molecule has 3 fully saturated rings. The first-order valence-corrected chi connectivity index (χ1v) is 11.8. The van der Waals surface area contributed by atoms with Gasteiger partial charge in [0.25, 0.3) is 5.56 Å². The molecule has 1 aliphatic heterocycles. The zero-order chi connectivity index (χ0) is 21.7. The summed E-state index contributed by atoms with van der Waals surface area (Å²) in [7, 11) is 0. The minimum atomic E-state index is -0.172. The highest BCUT2D eigenvalue weighted by atomic mass is 16.3. The lowest BCUT2D eigenvalue weighted by Gasteiger charge is -2.31. The first kappa shape index (κ1) is 19.7. The molecule has 0 spiro atoms. The minimum Gasteiger partial charge on any atom is -0.393 e. The minimum absolute atomic E-state index is 0.0377. The number of rotatable bonds is 4. The number of fused-ring (bicyclic) bond motifs is 3. The van der Waals surface area contributed by atoms with Crippen molar-refractivity contribution in [2.24, 2.45) is 11.8 Å². The number of aliphatic hydroxyl groups is 1. The molecule has 166 valence electrons. The van der Waals surface area contributed by atoms with Crippen LogP contribution in [-0.2, 0) is 0 Å². The van der Waals surface area contributed by atoms with Gasteiger partial charge in [-0.25, -0.2) is 4.98 Å². The van der Waals surface area contributed by atoms with E-state index in [0.717, 1.165) is 60.7 Å². The van der Waals surface area contributed by atoms with E-state index in [9.17, 15) is 9.90 Å². The van der Waals surface area contributed by atoms with E-state index in [0.29, 0.717) is 11.9 Å². The average Bonchev–Trinajstić information content (AvgIpc) is 3.44. The van der Waals surface area contributed by atoms with Crippen LogP contribution in [0, 0.1) is 11.8 Å². The Balaban J connectivity index is 1.26. The van der Waals surface area contributed by atoms with Crippen LogP contribution < -0.4 is 15.8 Å². The summed E-state index contributed by atoms with van der Waals surface area (Å²) in [5, 5.41) is 13.9. The van der Waals surface area contributed by atoms with Crippen LogP contribution in [0.4, 0.5) is 17.3 Å². The molecule has 7 heteroatoms. The van der Waals surface area contributed by atoms with Crippen LogP contribution in [0.3, 0.4) is 0 Å². The van der Waals surface area contributed by atoms with Crippen molar-refractivity contribution in [3.05, 3.63) is 52.9 Å². The van der Waals surface area contributed by atoms with E-state index < -0.39 is 0 Å². The Morgan fingerprint density at radius 1 is 0.969 bits per heavy atom. The number of pyridine rings is 1. The second-order valence-electron chi connectivity index (χ2n) is 9.65. The Kier molecular flexibility index (Phi) is 4.86. The molecule has 2 aliphatic carbocycles. The van der Waals surface area contributed by atoms with Gasteiger partial charge in [-0.2, -0.15) is 4.98 Å². The molecule has 2 saturated carbocycles. The normalized spacial score (nSPS) is 25.5. The van der Waals surface area contributed by atoms with Crippen LogP contribution >= 0.6 is 0 Å². The molecule has 3 aliphatic rings. The van der Waals surface area contributed by atoms with Gasteiger partial charge in [0.15, 0.2) is 0 Å². The summed E-state index contributed by atoms with van der Waals surface area (Å²) in [5.74, 6) is 1.86. The number of nitrogens with zero attached hydrogens (tertiary/aromatic N) is 4. The molecule has 6 rings (SSSR count). The quantitative estimate of drug-likeness (QED) is 0.653. The SMILES string of the molecule is O=c1ccc2cnc(Nc3ccc(N4CCC(O)CC4)cc3)nc2n1C1CC2CCC1C2. The second kappa shape index (κ2) is 7.89. The zero-order valence-electron chi connectivity index (χ0n) is 18.2. The predicted octanol–water partition coefficient (Wildman–Crippen LogP) is 3.86. The lowest BCUT2D eigenvalue weighted by atomic mass is 9.95. The number of hydrogen-bond donors (Lipinski definition) is 2. The summed E-state index contributed by atoms with van der Waals surface area (Å²) in [6.45, 7) is 1.75. The maximum absolute atomic E-state index is 12.8. The number of aromatic nitrogens is 3. The molecule has 3 atom stereocenters. The molecule has 1 aromatic carbocycles. The molecule has 2 aromatic heterocycles. The third-order valence-corrected chi connectivity index (χ3v) is 7.65. The number of piperidine rings is 1. The van der Waals surface area contributed by atoms with Gasteiger partial charge in [0.1, 0.15) is 5.65 Å². The van der Waals surface area contributed by atoms with Gasteiger partial charge in [0, 0.05) is 48.2 Å². The van der Waals surface area contributed by atoms with E-state index in [1.165, 1.54) is 19.3 Å². The second-order valence-corrected chi connectivity index (χ2v) is 9.65. The van der Waals surface area contributed by atoms with Crippen molar-refractivity contribution in [3.63, 3.8) is 0 Å². The van der Waals surface area contributed by atoms with Crippen molar-refractivity contribution < 1.29 is 5.11 Å². The molecule has 1 saturated heterocycles. The van der Waals surface area contributed by atoms with Crippen molar-refractivity contribution in [2.75, 3.05) is 23.3 Å². The smallest absolute Gasteiger partial charge is 0.252 e. The first-order chi connectivity index (χ1) is 15.6. The highest BCUT2D eigenvalue weighted by molar-refractivity contribution is 5.76. The van der Waals surface area contributed by atoms with E-state index in [2.05, 4.69) is 27.3 Å². The third kappa shape index (κ3) is 3.54. The Morgan fingerprint density at radius 3 is 2.50 bits per heavy atom. The molecule has 2 N–H and O–H groups in total. The largest absolute Gasteiger partial charge is 0.393 e. The fraction of sp³-hybridized carbons (Fsp3) is 0.480. The van der Waals surface area contributed by atoms with E-state index in [1.807, 2.05) is 22.8 Å². The summed E-state index contributed by atoms with van der Waals surface area (Å²) in [6.07, 6.45) is 8.12. The molecule has 0 amide bonds. The standard InChI is InChI=1S/C25H29N5O2/c31-21-9-11-29(12-10-21)20-6-4-19(5-7-20)27-25-26-15-18-3-8-23(32)30(24(18)28-25)22-14-16-1-2-17(22)13-16/h3-8,15-17,21-22,31H,1-2,9-14H2,(H,26,27,28). The molecular formula is C25H29N5O2. The Labute approximate surface area is 187 Å². The van der Waals surface area contributed by atoms with Crippen LogP contribution in [0.15, 0.2) is 47.4 Å². The Hall–Kier alpha value is -2.93. The van der Waals surface area contributed by atoms with Crippen LogP contribution in [0.5, 0.6) is 0 Å². The van der Waals surface area contributed by atoms with Gasteiger partial charge >= 0.3 is 0 Å². The molecular weight excluding hydrogens is 402 g/mol. The van der Waals surface area contributed by atoms with Crippen molar-refractivity contribution in [3.8, 4) is 0 Å². The van der Waals surface area contributed by atoms with E-state index in [1.54, 1.807) is 12.3 Å². The van der Waals surface area contributed by atoms with E-state index >= 15 is 0 Å². The molecule has 3 heterocycles. The first-order valence-electron chi connectivity index (χ1n) is 11.8. The molecule has 3 aromatic rings. The summed E-state index contributed by atoms with van der Waals surface area (Å²) < 4.78 is 1.93. The number of aliphatic hydroxyl groups excluding tert-OH is 1. The predicted molar refractivity (Wildman–Crippen MR) is 125 cm³/mol. The van der Waals surface area contributed by atoms with Gasteiger partial charge in [-0.15, -0.1) is 0 Å². The van der Waals surface area contributed by atoms with Gasteiger partial charge < -0.3 is 15.3 Å². The maximum atomic E-state index is 12.8. The van der Waals surface area contributed by atoms with Gasteiger partial charge in [-0.3, -0.25) is 9.36 Å². The van der Waals surface area contributed by atoms with Crippen LogP contribution in [0.1, 0.15) is 44.6 Å². The fourth-order valence-corrected chi connectivity index (χ4v) is 5.96. The topological polar surface area (TPSA) is 83.3 Å². The molecule has 3 unspecified atom stereocenters. The zero-order valence-corrected chi connectivity index (χ0v) is 18.2. The van der Waals surface area contributed by atoms with Crippen LogP contribution in [0.25, 0.3) is 11.0 Å². The fourth-order valence-electron chi connectivity index (χ4n) is 5.96. The maximum Gasteiger partial charge on any atom is 0.252 e. The van der Waals surface area contributed by atoms with Crippen molar-refractivity contribution in [1.82, 2.24) is 14.5 Å². The summed E-state index contributed by atoms with van der Waals surface area (Å²) in [6, 6.07) is 12.0.